The van der Waals surface area contributed by atoms with E-state index in [1.165, 1.54) is 0 Å². The van der Waals surface area contributed by atoms with Crippen molar-refractivity contribution in [3.05, 3.63) is 16.2 Å². The van der Waals surface area contributed by atoms with Gasteiger partial charge in [0.25, 0.3) is 0 Å². The van der Waals surface area contributed by atoms with Gasteiger partial charge in [-0.05, 0) is 28.4 Å². The molecule has 1 aliphatic heterocycles. The number of nitrogen functional groups attached to an aromatic ring is 1. The number of amides is 1. The zero-order chi connectivity index (χ0) is 13.3. The molecule has 98 valence electrons. The first-order valence-corrected chi connectivity index (χ1v) is 6.36. The highest BCUT2D eigenvalue weighted by molar-refractivity contribution is 9.10. The van der Waals surface area contributed by atoms with Crippen LogP contribution in [0.3, 0.4) is 0 Å². The number of pyridine rings is 1. The number of anilines is 2. The van der Waals surface area contributed by atoms with Crippen LogP contribution in [0.4, 0.5) is 11.5 Å². The zero-order valence-electron chi connectivity index (χ0n) is 10.0. The Labute approximate surface area is 113 Å². The molecule has 1 atom stereocenters. The Morgan fingerprint density at radius 2 is 2.39 bits per heavy atom. The Balaban J connectivity index is 2.40. The Kier molecular flexibility index (Phi) is 3.72. The van der Waals surface area contributed by atoms with Crippen molar-refractivity contribution in [2.45, 2.75) is 13.0 Å². The minimum atomic E-state index is -0.495. The predicted molar refractivity (Wildman–Crippen MR) is 72.2 cm³/mol. The smallest absolute Gasteiger partial charge is 0.242 e. The molecule has 2 heterocycles. The fraction of sp³-hybridized carbons (Fsp3) is 0.455. The first kappa shape index (κ1) is 13.1. The molecule has 0 aromatic carbocycles. The van der Waals surface area contributed by atoms with Crippen LogP contribution in [0.25, 0.3) is 0 Å². The summed E-state index contributed by atoms with van der Waals surface area (Å²) < 4.78 is 6.07. The van der Waals surface area contributed by atoms with E-state index in [2.05, 4.69) is 20.9 Å². The average Bonchev–Trinajstić information content (AvgIpc) is 2.36. The van der Waals surface area contributed by atoms with Crippen LogP contribution in [-0.4, -0.2) is 36.7 Å². The van der Waals surface area contributed by atoms with Gasteiger partial charge in [-0.1, -0.05) is 0 Å². The van der Waals surface area contributed by atoms with E-state index in [9.17, 15) is 4.79 Å². The largest absolute Gasteiger partial charge is 0.397 e. The van der Waals surface area contributed by atoms with Gasteiger partial charge in [0.15, 0.2) is 0 Å². The molecule has 7 heteroatoms. The van der Waals surface area contributed by atoms with Gasteiger partial charge in [-0.15, -0.1) is 0 Å². The van der Waals surface area contributed by atoms with Gasteiger partial charge in [0.05, 0.1) is 29.6 Å². The SMILES string of the molecule is Cc1c(N)cnc(N2CCOCC2C(N)=O)c1Br. The van der Waals surface area contributed by atoms with E-state index >= 15 is 0 Å². The molecule has 1 fully saturated rings. The maximum Gasteiger partial charge on any atom is 0.242 e. The van der Waals surface area contributed by atoms with E-state index in [1.54, 1.807) is 6.20 Å². The molecular weight excluding hydrogens is 300 g/mol. The van der Waals surface area contributed by atoms with E-state index in [4.69, 9.17) is 16.2 Å². The highest BCUT2D eigenvalue weighted by Crippen LogP contribution is 2.32. The number of carbonyl (C=O) groups is 1. The van der Waals surface area contributed by atoms with E-state index in [-0.39, 0.29) is 6.61 Å². The summed E-state index contributed by atoms with van der Waals surface area (Å²) in [5, 5.41) is 0. The molecule has 18 heavy (non-hydrogen) atoms. The molecule has 1 amide bonds. The Morgan fingerprint density at radius 1 is 1.67 bits per heavy atom. The Bertz CT molecular complexity index is 480. The number of nitrogens with zero attached hydrogens (tertiary/aromatic N) is 2. The van der Waals surface area contributed by atoms with E-state index in [0.717, 1.165) is 10.0 Å². The number of morpholine rings is 1. The van der Waals surface area contributed by atoms with Crippen molar-refractivity contribution >= 4 is 33.3 Å². The van der Waals surface area contributed by atoms with Crippen LogP contribution in [0.2, 0.25) is 0 Å². The summed E-state index contributed by atoms with van der Waals surface area (Å²) in [7, 11) is 0. The fourth-order valence-corrected chi connectivity index (χ4v) is 2.43. The van der Waals surface area contributed by atoms with Crippen LogP contribution < -0.4 is 16.4 Å². The van der Waals surface area contributed by atoms with Crippen molar-refractivity contribution in [3.8, 4) is 0 Å². The summed E-state index contributed by atoms with van der Waals surface area (Å²) in [5.41, 5.74) is 12.7. The molecule has 0 saturated carbocycles. The lowest BCUT2D eigenvalue weighted by Crippen LogP contribution is -2.53. The van der Waals surface area contributed by atoms with Crippen LogP contribution >= 0.6 is 15.9 Å². The second-order valence-electron chi connectivity index (χ2n) is 4.16. The lowest BCUT2D eigenvalue weighted by atomic mass is 10.2. The second-order valence-corrected chi connectivity index (χ2v) is 4.96. The van der Waals surface area contributed by atoms with Crippen LogP contribution in [0.15, 0.2) is 10.7 Å². The van der Waals surface area contributed by atoms with Crippen molar-refractivity contribution < 1.29 is 9.53 Å². The standard InChI is InChI=1S/C11H15BrN4O2/c1-6-7(13)4-15-11(9(6)12)16-2-3-18-5-8(16)10(14)17/h4,8H,2-3,5,13H2,1H3,(H2,14,17). The number of carbonyl (C=O) groups excluding carboxylic acids is 1. The van der Waals surface area contributed by atoms with Gasteiger partial charge in [-0.2, -0.15) is 0 Å². The number of rotatable bonds is 2. The number of halogens is 1. The molecule has 0 radical (unpaired) electrons. The molecule has 2 rings (SSSR count). The number of primary amides is 1. The quantitative estimate of drug-likeness (QED) is 0.825. The molecule has 0 spiro atoms. The molecular formula is C11H15BrN4O2. The van der Waals surface area contributed by atoms with Crippen LogP contribution in [0.5, 0.6) is 0 Å². The second kappa shape index (κ2) is 5.11. The summed E-state index contributed by atoms with van der Waals surface area (Å²) in [6.07, 6.45) is 1.59. The zero-order valence-corrected chi connectivity index (χ0v) is 11.6. The van der Waals surface area contributed by atoms with Crippen molar-refractivity contribution in [1.82, 2.24) is 4.98 Å². The highest BCUT2D eigenvalue weighted by Gasteiger charge is 2.30. The lowest BCUT2D eigenvalue weighted by Gasteiger charge is -2.35. The maximum atomic E-state index is 11.4. The van der Waals surface area contributed by atoms with Crippen molar-refractivity contribution in [3.63, 3.8) is 0 Å². The normalized spacial score (nSPS) is 19.9. The van der Waals surface area contributed by atoms with Gasteiger partial charge in [-0.25, -0.2) is 4.98 Å². The van der Waals surface area contributed by atoms with Gasteiger partial charge >= 0.3 is 0 Å². The van der Waals surface area contributed by atoms with Crippen molar-refractivity contribution in [2.24, 2.45) is 5.73 Å². The van der Waals surface area contributed by atoms with Gasteiger partial charge in [0.1, 0.15) is 11.9 Å². The molecule has 1 aromatic rings. The van der Waals surface area contributed by atoms with Crippen LogP contribution in [0, 0.1) is 6.92 Å². The predicted octanol–water partition coefficient (Wildman–Crippen LogP) is 0.425. The van der Waals surface area contributed by atoms with Gasteiger partial charge in [0, 0.05) is 6.54 Å². The molecule has 1 aliphatic rings. The van der Waals surface area contributed by atoms with E-state index < -0.39 is 11.9 Å². The molecule has 0 bridgehead atoms. The summed E-state index contributed by atoms with van der Waals surface area (Å²) >= 11 is 3.47. The number of ether oxygens (including phenoxy) is 1. The van der Waals surface area contributed by atoms with Gasteiger partial charge in [0.2, 0.25) is 5.91 Å². The average molecular weight is 315 g/mol. The number of aromatic nitrogens is 1. The molecule has 4 N–H and O–H groups in total. The number of hydrogen-bond acceptors (Lipinski definition) is 5. The first-order valence-electron chi connectivity index (χ1n) is 5.56. The lowest BCUT2D eigenvalue weighted by molar-refractivity contribution is -0.121. The molecule has 1 unspecified atom stereocenters. The summed E-state index contributed by atoms with van der Waals surface area (Å²) in [5.74, 6) is 0.256. The van der Waals surface area contributed by atoms with Gasteiger partial charge in [-0.3, -0.25) is 4.79 Å². The topological polar surface area (TPSA) is 94.5 Å². The van der Waals surface area contributed by atoms with Crippen molar-refractivity contribution in [1.29, 1.82) is 0 Å². The third-order valence-electron chi connectivity index (χ3n) is 3.01. The third kappa shape index (κ3) is 2.28. The summed E-state index contributed by atoms with van der Waals surface area (Å²) in [6, 6.07) is -0.495. The summed E-state index contributed by atoms with van der Waals surface area (Å²) in [6.45, 7) is 3.29. The molecule has 1 aromatic heterocycles. The summed E-state index contributed by atoms with van der Waals surface area (Å²) in [4.78, 5) is 17.6. The Hall–Kier alpha value is -1.34. The van der Waals surface area contributed by atoms with Crippen LogP contribution in [-0.2, 0) is 9.53 Å². The fourth-order valence-electron chi connectivity index (χ4n) is 1.87. The molecule has 6 nitrogen and oxygen atoms in total. The first-order chi connectivity index (χ1) is 8.52. The van der Waals surface area contributed by atoms with Crippen molar-refractivity contribution in [2.75, 3.05) is 30.4 Å². The minimum Gasteiger partial charge on any atom is -0.397 e. The van der Waals surface area contributed by atoms with E-state index in [1.807, 2.05) is 11.8 Å². The molecule has 1 saturated heterocycles. The maximum absolute atomic E-state index is 11.4. The Morgan fingerprint density at radius 3 is 3.06 bits per heavy atom. The van der Waals surface area contributed by atoms with Crippen LogP contribution in [0.1, 0.15) is 5.56 Å². The number of nitrogens with two attached hydrogens (primary N) is 2. The third-order valence-corrected chi connectivity index (χ3v) is 3.96. The van der Waals surface area contributed by atoms with Gasteiger partial charge < -0.3 is 21.1 Å². The number of hydrogen-bond donors (Lipinski definition) is 2. The molecule has 0 aliphatic carbocycles. The minimum absolute atomic E-state index is 0.285. The highest BCUT2D eigenvalue weighted by atomic mass is 79.9. The van der Waals surface area contributed by atoms with E-state index in [0.29, 0.717) is 24.7 Å². The monoisotopic (exact) mass is 314 g/mol.